The van der Waals surface area contributed by atoms with Gasteiger partial charge in [0.1, 0.15) is 17.4 Å². The van der Waals surface area contributed by atoms with E-state index in [-0.39, 0.29) is 16.1 Å². The molecular formula is C13H18N4O5. The molecule has 1 heterocycles. The van der Waals surface area contributed by atoms with Crippen LogP contribution in [0.5, 0.6) is 0 Å². The lowest BCUT2D eigenvalue weighted by Crippen LogP contribution is -2.34. The molecule has 0 atom stereocenters. The van der Waals surface area contributed by atoms with Gasteiger partial charge in [-0.2, -0.15) is 9.99 Å². The lowest BCUT2D eigenvalue weighted by Gasteiger charge is -2.22. The van der Waals surface area contributed by atoms with Gasteiger partial charge in [-0.1, -0.05) is 0 Å². The zero-order valence-electron chi connectivity index (χ0n) is 13.0. The fraction of sp³-hybridized carbons (Fsp3) is 0.538. The fourth-order valence-electron chi connectivity index (χ4n) is 1.63. The molecule has 22 heavy (non-hydrogen) atoms. The summed E-state index contributed by atoms with van der Waals surface area (Å²) in [6.45, 7) is 4.94. The molecule has 0 saturated carbocycles. The van der Waals surface area contributed by atoms with Crippen molar-refractivity contribution in [3.05, 3.63) is 22.6 Å². The van der Waals surface area contributed by atoms with Crippen molar-refractivity contribution in [2.45, 2.75) is 32.7 Å². The zero-order valence-corrected chi connectivity index (χ0v) is 13.0. The Kier molecular flexibility index (Phi) is 5.24. The molecule has 0 aliphatic heterocycles. The molecular weight excluding hydrogens is 292 g/mol. The summed E-state index contributed by atoms with van der Waals surface area (Å²) in [5, 5.41) is 26.6. The van der Waals surface area contributed by atoms with Crippen LogP contribution in [0.2, 0.25) is 0 Å². The predicted molar refractivity (Wildman–Crippen MR) is 71.9 cm³/mol. The molecule has 2 N–H and O–H groups in total. The van der Waals surface area contributed by atoms with Crippen LogP contribution in [0.3, 0.4) is 0 Å². The number of nitrogens with one attached hydrogen (secondary N) is 1. The Hall–Kier alpha value is -2.44. The van der Waals surface area contributed by atoms with E-state index in [2.05, 4.69) is 4.98 Å². The normalized spacial score (nSPS) is 11.3. The number of carbonyl (C=O) groups excluding carboxylic acids is 1. The number of methoxy groups -OCH3 is 2. The van der Waals surface area contributed by atoms with Crippen LogP contribution in [-0.4, -0.2) is 40.7 Å². The number of rotatable bonds is 4. The monoisotopic (exact) mass is 310 g/mol. The van der Waals surface area contributed by atoms with E-state index in [1.807, 2.05) is 0 Å². The van der Waals surface area contributed by atoms with Crippen molar-refractivity contribution in [1.82, 2.24) is 9.71 Å². The third-order valence-corrected chi connectivity index (χ3v) is 2.47. The summed E-state index contributed by atoms with van der Waals surface area (Å²) in [4.78, 5) is 16.1. The fourth-order valence-corrected chi connectivity index (χ4v) is 1.63. The third kappa shape index (κ3) is 3.60. The predicted octanol–water partition coefficient (Wildman–Crippen LogP) is 0.718. The first-order valence-corrected chi connectivity index (χ1v) is 6.26. The molecule has 0 fully saturated rings. The Morgan fingerprint density at radius 1 is 1.41 bits per heavy atom. The topological polar surface area (TPSA) is 130 Å². The molecule has 0 aliphatic rings. The van der Waals surface area contributed by atoms with Gasteiger partial charge in [0.15, 0.2) is 16.9 Å². The quantitative estimate of drug-likeness (QED) is 0.476. The maximum Gasteiger partial charge on any atom is 0.361 e. The number of nitrogens with zero attached hydrogens (tertiary/aromatic N) is 3. The van der Waals surface area contributed by atoms with Gasteiger partial charge in [-0.15, -0.1) is 0 Å². The van der Waals surface area contributed by atoms with Crippen LogP contribution in [0.15, 0.2) is 0 Å². The van der Waals surface area contributed by atoms with Gasteiger partial charge in [0, 0.05) is 14.2 Å². The zero-order chi connectivity index (χ0) is 17.1. The van der Waals surface area contributed by atoms with Gasteiger partial charge in [-0.05, 0) is 20.8 Å². The minimum Gasteiger partial charge on any atom is -0.455 e. The number of esters is 1. The maximum atomic E-state index is 12.3. The highest BCUT2D eigenvalue weighted by Crippen LogP contribution is 2.21. The lowest BCUT2D eigenvalue weighted by atomic mass is 10.2. The number of nitriles is 1. The number of ether oxygens (including phenoxy) is 3. The second-order valence-corrected chi connectivity index (χ2v) is 5.27. The van der Waals surface area contributed by atoms with Crippen molar-refractivity contribution < 1.29 is 24.2 Å². The highest BCUT2D eigenvalue weighted by molar-refractivity contribution is 5.89. The van der Waals surface area contributed by atoms with Gasteiger partial charge in [-0.3, -0.25) is 5.41 Å². The van der Waals surface area contributed by atoms with E-state index < -0.39 is 29.0 Å². The van der Waals surface area contributed by atoms with Crippen LogP contribution >= 0.6 is 0 Å². The molecule has 0 aliphatic carbocycles. The summed E-state index contributed by atoms with van der Waals surface area (Å²) in [5.41, 5.74) is -2.45. The van der Waals surface area contributed by atoms with E-state index in [1.165, 1.54) is 14.2 Å². The van der Waals surface area contributed by atoms with Crippen molar-refractivity contribution in [2.24, 2.45) is 0 Å². The summed E-state index contributed by atoms with van der Waals surface area (Å²) in [7, 11) is 2.61. The minimum atomic E-state index is -1.12. The largest absolute Gasteiger partial charge is 0.455 e. The van der Waals surface area contributed by atoms with Crippen molar-refractivity contribution in [2.75, 3.05) is 14.2 Å². The van der Waals surface area contributed by atoms with E-state index in [0.717, 1.165) is 0 Å². The molecule has 0 radical (unpaired) electrons. The van der Waals surface area contributed by atoms with Crippen LogP contribution in [0.25, 0.3) is 0 Å². The molecule has 120 valence electrons. The number of aromatic nitrogens is 2. The van der Waals surface area contributed by atoms with Crippen molar-refractivity contribution >= 4 is 5.97 Å². The summed E-state index contributed by atoms with van der Waals surface area (Å²) >= 11 is 0. The van der Waals surface area contributed by atoms with Crippen molar-refractivity contribution in [1.29, 1.82) is 10.7 Å². The summed E-state index contributed by atoms with van der Waals surface area (Å²) in [6, 6.07) is 1.65. The molecule has 9 nitrogen and oxygen atoms in total. The molecule has 1 rings (SSSR count). The Labute approximate surface area is 127 Å². The molecule has 0 bridgehead atoms. The van der Waals surface area contributed by atoms with Crippen LogP contribution in [0.4, 0.5) is 0 Å². The lowest BCUT2D eigenvalue weighted by molar-refractivity contribution is -0.110. The molecule has 1 aromatic rings. The van der Waals surface area contributed by atoms with Crippen LogP contribution in [0, 0.1) is 16.7 Å². The smallest absolute Gasteiger partial charge is 0.361 e. The second-order valence-electron chi connectivity index (χ2n) is 5.27. The number of hydrogen-bond donors (Lipinski definition) is 2. The highest BCUT2D eigenvalue weighted by Gasteiger charge is 2.30. The summed E-state index contributed by atoms with van der Waals surface area (Å²) in [5.74, 6) is -0.922. The Balaban J connectivity index is 3.60. The SMILES string of the molecule is COC(OC)c1nc(C#N)c(=N)n(O)c1C(=O)OC(C)(C)C. The molecule has 0 aromatic carbocycles. The molecule has 9 heteroatoms. The van der Waals surface area contributed by atoms with Gasteiger partial charge in [0.25, 0.3) is 0 Å². The molecule has 1 aromatic heterocycles. The van der Waals surface area contributed by atoms with Crippen molar-refractivity contribution in [3.8, 4) is 6.07 Å². The number of carbonyl (C=O) groups is 1. The number of hydrogen-bond acceptors (Lipinski definition) is 8. The average molecular weight is 310 g/mol. The van der Waals surface area contributed by atoms with E-state index in [0.29, 0.717) is 0 Å². The third-order valence-electron chi connectivity index (χ3n) is 2.47. The summed E-state index contributed by atoms with van der Waals surface area (Å²) in [6.07, 6.45) is -1.12. The first-order valence-electron chi connectivity index (χ1n) is 6.26. The van der Waals surface area contributed by atoms with E-state index in [1.54, 1.807) is 26.8 Å². The van der Waals surface area contributed by atoms with Crippen molar-refractivity contribution in [3.63, 3.8) is 0 Å². The molecule has 0 spiro atoms. The average Bonchev–Trinajstić information content (AvgIpc) is 2.41. The molecule has 0 unspecified atom stereocenters. The standard InChI is InChI=1S/C13H18N4O5/c1-13(2,3)22-11(18)9-8(12(20-4)21-5)16-7(6-14)10(15)17(9)19/h12,15,19H,1-5H3. The van der Waals surface area contributed by atoms with Crippen LogP contribution in [-0.2, 0) is 14.2 Å². The Bertz CT molecular complexity index is 665. The molecule has 0 amide bonds. The van der Waals surface area contributed by atoms with Gasteiger partial charge in [0.2, 0.25) is 6.29 Å². The van der Waals surface area contributed by atoms with Gasteiger partial charge < -0.3 is 19.4 Å². The molecule has 0 saturated heterocycles. The minimum absolute atomic E-state index is 0.158. The van der Waals surface area contributed by atoms with Gasteiger partial charge in [0.05, 0.1) is 0 Å². The Morgan fingerprint density at radius 3 is 2.36 bits per heavy atom. The first kappa shape index (κ1) is 17.6. The second kappa shape index (κ2) is 6.55. The van der Waals surface area contributed by atoms with Crippen LogP contribution < -0.4 is 5.49 Å². The highest BCUT2D eigenvalue weighted by atomic mass is 16.7. The Morgan fingerprint density at radius 2 is 1.95 bits per heavy atom. The van der Waals surface area contributed by atoms with E-state index in [9.17, 15) is 10.0 Å². The van der Waals surface area contributed by atoms with Gasteiger partial charge in [-0.25, -0.2) is 9.78 Å². The summed E-state index contributed by atoms with van der Waals surface area (Å²) < 4.78 is 15.4. The van der Waals surface area contributed by atoms with Gasteiger partial charge >= 0.3 is 5.97 Å². The van der Waals surface area contributed by atoms with E-state index >= 15 is 0 Å². The van der Waals surface area contributed by atoms with E-state index in [4.69, 9.17) is 24.9 Å². The first-order chi connectivity index (χ1) is 10.2. The maximum absolute atomic E-state index is 12.3. The van der Waals surface area contributed by atoms with Crippen LogP contribution in [0.1, 0.15) is 48.9 Å².